The van der Waals surface area contributed by atoms with Gasteiger partial charge in [0.05, 0.1) is 10.2 Å². The summed E-state index contributed by atoms with van der Waals surface area (Å²) in [5.74, 6) is 0. The standard InChI is InChI=1S/C13H8N3S.BF4/c14-16-10-7-5-9(6-8-10)13-15-11-3-1-2-4-12(11)17-13;2-1(3,4)5/h1-8H;/q+1;-1. The van der Waals surface area contributed by atoms with Gasteiger partial charge in [-0.25, -0.2) is 4.98 Å². The molecule has 0 aliphatic heterocycles. The topological polar surface area (TPSA) is 41.0 Å². The Bertz CT molecular complexity index is 770. The molecular formula is C13H8BF4N3S. The van der Waals surface area contributed by atoms with Gasteiger partial charge in [-0.15, -0.1) is 11.3 Å². The van der Waals surface area contributed by atoms with Crippen molar-refractivity contribution in [2.24, 2.45) is 0 Å². The normalized spacial score (nSPS) is 10.7. The van der Waals surface area contributed by atoms with Crippen LogP contribution >= 0.6 is 11.3 Å². The maximum atomic E-state index is 9.75. The van der Waals surface area contributed by atoms with Crippen molar-refractivity contribution in [3.8, 4) is 10.6 Å². The third-order valence-electron chi connectivity index (χ3n) is 2.52. The highest BCUT2D eigenvalue weighted by atomic mass is 32.1. The molecule has 0 aliphatic rings. The molecular weight excluding hydrogens is 317 g/mol. The van der Waals surface area contributed by atoms with Crippen LogP contribution in [0.5, 0.6) is 0 Å². The molecule has 0 bridgehead atoms. The number of fused-ring (bicyclic) bond motifs is 1. The van der Waals surface area contributed by atoms with Crippen molar-refractivity contribution in [1.82, 2.24) is 4.98 Å². The predicted molar refractivity (Wildman–Crippen MR) is 80.0 cm³/mol. The molecule has 0 unspecified atom stereocenters. The summed E-state index contributed by atoms with van der Waals surface area (Å²) < 4.78 is 40.2. The highest BCUT2D eigenvalue weighted by molar-refractivity contribution is 7.21. The minimum absolute atomic E-state index is 0.551. The van der Waals surface area contributed by atoms with E-state index in [9.17, 15) is 17.3 Å². The Balaban J connectivity index is 0.000000309. The molecule has 0 radical (unpaired) electrons. The Morgan fingerprint density at radius 3 is 2.09 bits per heavy atom. The molecule has 2 aromatic carbocycles. The Labute approximate surface area is 127 Å². The van der Waals surface area contributed by atoms with Crippen LogP contribution in [0.15, 0.2) is 48.5 Å². The maximum Gasteiger partial charge on any atom is 0.673 e. The molecule has 3 aromatic rings. The van der Waals surface area contributed by atoms with Crippen LogP contribution in [0.1, 0.15) is 0 Å². The van der Waals surface area contributed by atoms with E-state index >= 15 is 0 Å². The molecule has 0 atom stereocenters. The second-order valence-electron chi connectivity index (χ2n) is 4.13. The Hall–Kier alpha value is -2.47. The van der Waals surface area contributed by atoms with Crippen molar-refractivity contribution in [1.29, 1.82) is 5.39 Å². The van der Waals surface area contributed by atoms with Gasteiger partial charge in [-0.1, -0.05) is 12.1 Å². The van der Waals surface area contributed by atoms with Crippen LogP contribution in [0.4, 0.5) is 23.0 Å². The summed E-state index contributed by atoms with van der Waals surface area (Å²) in [6.45, 7) is 0. The number of hydrogen-bond acceptors (Lipinski definition) is 3. The smallest absolute Gasteiger partial charge is 0.418 e. The zero-order valence-corrected chi connectivity index (χ0v) is 11.8. The number of para-hydroxylation sites is 1. The summed E-state index contributed by atoms with van der Waals surface area (Å²) in [5, 5.41) is 9.61. The van der Waals surface area contributed by atoms with Gasteiger partial charge < -0.3 is 17.3 Å². The lowest BCUT2D eigenvalue weighted by Crippen LogP contribution is -2.02. The lowest BCUT2D eigenvalue weighted by atomic mass is 10.2. The minimum atomic E-state index is -6.00. The molecule has 3 nitrogen and oxygen atoms in total. The molecule has 0 aliphatic carbocycles. The Morgan fingerprint density at radius 2 is 1.55 bits per heavy atom. The average Bonchev–Trinajstić information content (AvgIpc) is 2.89. The van der Waals surface area contributed by atoms with Crippen LogP contribution in [-0.4, -0.2) is 12.2 Å². The van der Waals surface area contributed by atoms with Gasteiger partial charge in [-0.2, -0.15) is 0 Å². The van der Waals surface area contributed by atoms with Gasteiger partial charge in [0, 0.05) is 17.7 Å². The number of hydrogen-bond donors (Lipinski definition) is 0. The van der Waals surface area contributed by atoms with Crippen LogP contribution in [0.25, 0.3) is 25.8 Å². The van der Waals surface area contributed by atoms with E-state index in [0.29, 0.717) is 5.69 Å². The summed E-state index contributed by atoms with van der Waals surface area (Å²) >= 11 is 1.66. The van der Waals surface area contributed by atoms with Gasteiger partial charge in [0.25, 0.3) is 0 Å². The molecule has 0 saturated carbocycles. The first-order valence-corrected chi connectivity index (χ1v) is 6.87. The highest BCUT2D eigenvalue weighted by Crippen LogP contribution is 2.30. The Kier molecular flexibility index (Phi) is 4.73. The molecule has 0 N–H and O–H groups in total. The van der Waals surface area contributed by atoms with Gasteiger partial charge in [-0.3, -0.25) is 0 Å². The maximum absolute atomic E-state index is 9.75. The molecule has 112 valence electrons. The summed E-state index contributed by atoms with van der Waals surface area (Å²) in [5.41, 5.74) is 2.61. The summed E-state index contributed by atoms with van der Waals surface area (Å²) in [6, 6.07) is 15.4. The number of rotatable bonds is 1. The monoisotopic (exact) mass is 325 g/mol. The first kappa shape index (κ1) is 15.9. The second kappa shape index (κ2) is 6.53. The first-order valence-electron chi connectivity index (χ1n) is 6.05. The van der Waals surface area contributed by atoms with Crippen LogP contribution in [-0.2, 0) is 0 Å². The van der Waals surface area contributed by atoms with Crippen molar-refractivity contribution in [2.45, 2.75) is 0 Å². The molecule has 1 aromatic heterocycles. The third kappa shape index (κ3) is 4.53. The van der Waals surface area contributed by atoms with Crippen LogP contribution in [0.2, 0.25) is 0 Å². The Morgan fingerprint density at radius 1 is 0.955 bits per heavy atom. The lowest BCUT2D eigenvalue weighted by molar-refractivity contribution is 0.368. The van der Waals surface area contributed by atoms with Gasteiger partial charge >= 0.3 is 12.9 Å². The second-order valence-corrected chi connectivity index (χ2v) is 5.16. The molecule has 3 rings (SSSR count). The van der Waals surface area contributed by atoms with E-state index in [1.807, 2.05) is 30.3 Å². The van der Waals surface area contributed by atoms with Crippen molar-refractivity contribution >= 4 is 34.5 Å². The van der Waals surface area contributed by atoms with E-state index in [2.05, 4.69) is 16.0 Å². The number of thiazole rings is 1. The number of benzene rings is 2. The van der Waals surface area contributed by atoms with Gasteiger partial charge in [-0.05, 0) is 24.3 Å². The number of aromatic nitrogens is 1. The summed E-state index contributed by atoms with van der Waals surface area (Å²) in [6.07, 6.45) is 0. The fourth-order valence-corrected chi connectivity index (χ4v) is 2.64. The largest absolute Gasteiger partial charge is 0.673 e. The van der Waals surface area contributed by atoms with E-state index in [1.165, 1.54) is 4.70 Å². The number of nitrogens with zero attached hydrogens (tertiary/aromatic N) is 3. The SMILES string of the molecule is F[B-](F)(F)F.N#[N+]c1ccc(-c2nc3ccccc3s2)cc1. The van der Waals surface area contributed by atoms with Crippen molar-refractivity contribution in [2.75, 3.05) is 0 Å². The predicted octanol–water partition coefficient (Wildman–Crippen LogP) is 5.75. The summed E-state index contributed by atoms with van der Waals surface area (Å²) in [7, 11) is -6.00. The van der Waals surface area contributed by atoms with Crippen LogP contribution < -0.4 is 0 Å². The van der Waals surface area contributed by atoms with Gasteiger partial charge in [0.15, 0.2) is 4.98 Å². The van der Waals surface area contributed by atoms with E-state index in [4.69, 9.17) is 5.39 Å². The van der Waals surface area contributed by atoms with Crippen molar-refractivity contribution < 1.29 is 17.3 Å². The average molecular weight is 325 g/mol. The van der Waals surface area contributed by atoms with E-state index in [0.717, 1.165) is 16.1 Å². The molecule has 9 heteroatoms. The quantitative estimate of drug-likeness (QED) is 0.325. The number of diazo groups is 1. The first-order chi connectivity index (χ1) is 10.4. The van der Waals surface area contributed by atoms with E-state index in [1.54, 1.807) is 23.5 Å². The lowest BCUT2D eigenvalue weighted by Gasteiger charge is -1.94. The molecule has 0 saturated heterocycles. The minimum Gasteiger partial charge on any atom is -0.418 e. The van der Waals surface area contributed by atoms with E-state index < -0.39 is 7.25 Å². The van der Waals surface area contributed by atoms with E-state index in [-0.39, 0.29) is 0 Å². The van der Waals surface area contributed by atoms with Gasteiger partial charge in [0.1, 0.15) is 5.01 Å². The molecule has 22 heavy (non-hydrogen) atoms. The third-order valence-corrected chi connectivity index (χ3v) is 3.61. The van der Waals surface area contributed by atoms with Crippen LogP contribution in [0.3, 0.4) is 0 Å². The zero-order valence-electron chi connectivity index (χ0n) is 11.0. The van der Waals surface area contributed by atoms with Crippen LogP contribution in [0, 0.1) is 5.39 Å². The molecule has 1 heterocycles. The molecule has 0 amide bonds. The van der Waals surface area contributed by atoms with Gasteiger partial charge in [0.2, 0.25) is 5.39 Å². The number of halogens is 4. The van der Waals surface area contributed by atoms with Crippen molar-refractivity contribution in [3.63, 3.8) is 0 Å². The zero-order chi connectivity index (χ0) is 16.2. The van der Waals surface area contributed by atoms with Crippen molar-refractivity contribution in [3.05, 3.63) is 53.5 Å². The molecule has 0 spiro atoms. The summed E-state index contributed by atoms with van der Waals surface area (Å²) in [4.78, 5) is 7.69. The fraction of sp³-hybridized carbons (Fsp3) is 0. The highest BCUT2D eigenvalue weighted by Gasteiger charge is 2.20. The molecule has 0 fully saturated rings. The fourth-order valence-electron chi connectivity index (χ4n) is 1.67.